The average Bonchev–Trinajstić information content (AvgIpc) is 2.17. The van der Waals surface area contributed by atoms with E-state index in [1.54, 1.807) is 0 Å². The molecule has 13 heavy (non-hydrogen) atoms. The van der Waals surface area contributed by atoms with E-state index in [0.717, 1.165) is 5.56 Å². The van der Waals surface area contributed by atoms with Gasteiger partial charge in [-0.3, -0.25) is 4.79 Å². The number of aliphatic hydroxyl groups is 1. The maximum Gasteiger partial charge on any atom is 0.226 e. The van der Waals surface area contributed by atoms with Crippen LogP contribution in [0.25, 0.3) is 0 Å². The van der Waals surface area contributed by atoms with Crippen molar-refractivity contribution in [2.24, 2.45) is 0 Å². The van der Waals surface area contributed by atoms with Crippen molar-refractivity contribution in [3.8, 4) is 0 Å². The summed E-state index contributed by atoms with van der Waals surface area (Å²) in [5, 5.41) is 11.1. The molecular weight excluding hydrogens is 166 g/mol. The first kappa shape index (κ1) is 9.74. The first-order chi connectivity index (χ1) is 6.33. The maximum absolute atomic E-state index is 10.9. The van der Waals surface area contributed by atoms with Gasteiger partial charge < -0.3 is 10.4 Å². The molecule has 0 spiro atoms. The van der Waals surface area contributed by atoms with Gasteiger partial charge in [-0.15, -0.1) is 0 Å². The van der Waals surface area contributed by atoms with E-state index < -0.39 is 0 Å². The molecule has 1 aromatic rings. The lowest BCUT2D eigenvalue weighted by Gasteiger charge is -2.02. The zero-order valence-electron chi connectivity index (χ0n) is 7.23. The van der Waals surface area contributed by atoms with E-state index in [4.69, 9.17) is 5.11 Å². The molecule has 0 bridgehead atoms. The summed E-state index contributed by atoms with van der Waals surface area (Å²) >= 11 is 0. The van der Waals surface area contributed by atoms with Crippen LogP contribution in [0.3, 0.4) is 0 Å². The molecule has 0 atom stereocenters. The lowest BCUT2D eigenvalue weighted by atomic mass is 10.2. The van der Waals surface area contributed by atoms with E-state index >= 15 is 0 Å². The van der Waals surface area contributed by atoms with Crippen molar-refractivity contribution < 1.29 is 9.90 Å². The summed E-state index contributed by atoms with van der Waals surface area (Å²) in [7, 11) is 0. The van der Waals surface area contributed by atoms with E-state index in [1.165, 1.54) is 6.42 Å². The quantitative estimate of drug-likeness (QED) is 0.705. The average molecular weight is 178 g/mol. The minimum atomic E-state index is -0.244. The molecule has 0 aliphatic carbocycles. The van der Waals surface area contributed by atoms with Crippen LogP contribution in [0.5, 0.6) is 0 Å². The van der Waals surface area contributed by atoms with Crippen molar-refractivity contribution in [2.75, 3.05) is 6.61 Å². The first-order valence-electron chi connectivity index (χ1n) is 4.09. The summed E-state index contributed by atoms with van der Waals surface area (Å²) in [5.41, 5.74) is 1.04. The number of hydrogen-bond acceptors (Lipinski definition) is 2. The Morgan fingerprint density at radius 3 is 2.69 bits per heavy atom. The van der Waals surface area contributed by atoms with Crippen LogP contribution >= 0.6 is 0 Å². The zero-order valence-corrected chi connectivity index (χ0v) is 7.23. The smallest absolute Gasteiger partial charge is 0.226 e. The van der Waals surface area contributed by atoms with Crippen LogP contribution in [0.15, 0.2) is 30.3 Å². The molecule has 1 aromatic carbocycles. The molecule has 1 radical (unpaired) electrons. The van der Waals surface area contributed by atoms with Gasteiger partial charge in [-0.1, -0.05) is 30.3 Å². The highest BCUT2D eigenvalue weighted by atomic mass is 16.3. The number of hydrogen-bond donors (Lipinski definition) is 2. The van der Waals surface area contributed by atoms with Crippen LogP contribution in [0.2, 0.25) is 0 Å². The Morgan fingerprint density at radius 1 is 1.38 bits per heavy atom. The number of nitrogens with one attached hydrogen (secondary N) is 1. The lowest BCUT2D eigenvalue weighted by molar-refractivity contribution is -0.118. The Morgan fingerprint density at radius 2 is 2.08 bits per heavy atom. The number of carbonyl (C=O) groups is 1. The van der Waals surface area contributed by atoms with Crippen LogP contribution in [0, 0.1) is 6.42 Å². The van der Waals surface area contributed by atoms with Gasteiger partial charge in [-0.2, -0.15) is 0 Å². The highest BCUT2D eigenvalue weighted by Gasteiger charge is 1.98. The highest BCUT2D eigenvalue weighted by Crippen LogP contribution is 1.96. The van der Waals surface area contributed by atoms with Gasteiger partial charge in [0.1, 0.15) is 0 Å². The second kappa shape index (κ2) is 5.32. The van der Waals surface area contributed by atoms with E-state index in [1.807, 2.05) is 30.3 Å². The normalized spacial score (nSPS) is 9.62. The van der Waals surface area contributed by atoms with Crippen molar-refractivity contribution in [3.63, 3.8) is 0 Å². The number of aliphatic hydroxyl groups excluding tert-OH is 1. The van der Waals surface area contributed by atoms with Crippen LogP contribution in [0.4, 0.5) is 0 Å². The first-order valence-corrected chi connectivity index (χ1v) is 4.09. The molecule has 3 nitrogen and oxygen atoms in total. The van der Waals surface area contributed by atoms with Crippen LogP contribution in [0.1, 0.15) is 5.56 Å². The van der Waals surface area contributed by atoms with Gasteiger partial charge >= 0.3 is 0 Å². The fourth-order valence-electron chi connectivity index (χ4n) is 0.940. The van der Waals surface area contributed by atoms with E-state index in [0.29, 0.717) is 6.54 Å². The summed E-state index contributed by atoms with van der Waals surface area (Å²) in [5.74, 6) is -0.244. The molecule has 3 heteroatoms. The van der Waals surface area contributed by atoms with Gasteiger partial charge in [-0.05, 0) is 5.56 Å². The number of rotatable bonds is 4. The number of carbonyl (C=O) groups excluding carboxylic acids is 1. The van der Waals surface area contributed by atoms with Crippen molar-refractivity contribution in [3.05, 3.63) is 42.3 Å². The summed E-state index contributed by atoms with van der Waals surface area (Å²) in [6.45, 7) is 0.275. The lowest BCUT2D eigenvalue weighted by Crippen LogP contribution is -2.23. The third-order valence-electron chi connectivity index (χ3n) is 1.59. The largest absolute Gasteiger partial charge is 0.396 e. The number of amides is 1. The topological polar surface area (TPSA) is 49.3 Å². The second-order valence-corrected chi connectivity index (χ2v) is 2.59. The monoisotopic (exact) mass is 178 g/mol. The Labute approximate surface area is 77.4 Å². The molecule has 0 unspecified atom stereocenters. The van der Waals surface area contributed by atoms with Crippen molar-refractivity contribution >= 4 is 5.91 Å². The predicted octanol–water partition coefficient (Wildman–Crippen LogP) is 0.499. The summed E-state index contributed by atoms with van der Waals surface area (Å²) < 4.78 is 0. The minimum absolute atomic E-state index is 0.222. The van der Waals surface area contributed by atoms with Gasteiger partial charge in [-0.25, -0.2) is 0 Å². The summed E-state index contributed by atoms with van der Waals surface area (Å²) in [6.07, 6.45) is 1.20. The molecule has 0 aromatic heterocycles. The molecule has 0 fully saturated rings. The molecule has 0 aliphatic rings. The van der Waals surface area contributed by atoms with E-state index in [-0.39, 0.29) is 12.5 Å². The molecule has 2 N–H and O–H groups in total. The maximum atomic E-state index is 10.9. The van der Waals surface area contributed by atoms with Crippen molar-refractivity contribution in [2.45, 2.75) is 6.54 Å². The number of benzene rings is 1. The van der Waals surface area contributed by atoms with E-state index in [9.17, 15) is 4.79 Å². The van der Waals surface area contributed by atoms with Crippen LogP contribution in [-0.4, -0.2) is 17.6 Å². The molecule has 1 rings (SSSR count). The fourth-order valence-corrected chi connectivity index (χ4v) is 0.940. The van der Waals surface area contributed by atoms with Crippen LogP contribution in [-0.2, 0) is 11.3 Å². The standard InChI is InChI=1S/C10H12NO2/c12-7-6-10(13)11-8-9-4-2-1-3-5-9/h1-6,12H,7-8H2,(H,11,13). The minimum Gasteiger partial charge on any atom is -0.396 e. The summed E-state index contributed by atoms with van der Waals surface area (Å²) in [4.78, 5) is 10.9. The molecular formula is C10H12NO2. The van der Waals surface area contributed by atoms with Gasteiger partial charge in [0, 0.05) is 6.54 Å². The predicted molar refractivity (Wildman–Crippen MR) is 49.7 cm³/mol. The van der Waals surface area contributed by atoms with Gasteiger partial charge in [0.25, 0.3) is 0 Å². The summed E-state index contributed by atoms with van der Waals surface area (Å²) in [6, 6.07) is 9.61. The Balaban J connectivity index is 2.31. The SMILES string of the molecule is O=C([CH]CO)NCc1ccccc1. The molecule has 0 saturated heterocycles. The molecule has 0 heterocycles. The molecule has 0 aliphatic heterocycles. The Bertz CT molecular complexity index is 259. The van der Waals surface area contributed by atoms with Gasteiger partial charge in [0.15, 0.2) is 0 Å². The Kier molecular flexibility index (Phi) is 3.99. The van der Waals surface area contributed by atoms with Gasteiger partial charge in [0.2, 0.25) is 5.91 Å². The van der Waals surface area contributed by atoms with Crippen molar-refractivity contribution in [1.29, 1.82) is 0 Å². The fraction of sp³-hybridized carbons (Fsp3) is 0.200. The van der Waals surface area contributed by atoms with E-state index in [2.05, 4.69) is 5.32 Å². The highest BCUT2D eigenvalue weighted by molar-refractivity contribution is 5.84. The van der Waals surface area contributed by atoms with Gasteiger partial charge in [0.05, 0.1) is 13.0 Å². The molecule has 1 amide bonds. The zero-order chi connectivity index (χ0) is 9.52. The Hall–Kier alpha value is -1.35. The second-order valence-electron chi connectivity index (χ2n) is 2.59. The third-order valence-corrected chi connectivity index (χ3v) is 1.59. The molecule has 69 valence electrons. The van der Waals surface area contributed by atoms with Crippen LogP contribution < -0.4 is 5.32 Å². The third kappa shape index (κ3) is 3.71. The molecule has 0 saturated carbocycles. The van der Waals surface area contributed by atoms with Crippen molar-refractivity contribution in [1.82, 2.24) is 5.32 Å².